The Morgan fingerprint density at radius 3 is 2.62 bits per heavy atom. The number of anilines is 1. The summed E-state index contributed by atoms with van der Waals surface area (Å²) in [6.07, 6.45) is 1.03. The van der Waals surface area contributed by atoms with Crippen molar-refractivity contribution in [2.45, 2.75) is 33.7 Å². The molecule has 9 nitrogen and oxygen atoms in total. The SMILES string of the molecule is Cc1cccc2nc(CN3CCN(c4cc(CC(C)C)ccc4-c4nn[nH]n4)CC3)cc(=O)n12. The molecule has 1 aliphatic heterocycles. The molecule has 1 N–H and O–H groups in total. The quantitative estimate of drug-likeness (QED) is 0.475. The normalized spacial score (nSPS) is 14.9. The van der Waals surface area contributed by atoms with Crippen molar-refractivity contribution in [2.75, 3.05) is 31.1 Å². The van der Waals surface area contributed by atoms with Gasteiger partial charge in [0, 0.05) is 55.7 Å². The van der Waals surface area contributed by atoms with Gasteiger partial charge in [0.2, 0.25) is 5.82 Å². The number of aromatic amines is 1. The van der Waals surface area contributed by atoms with Gasteiger partial charge in [-0.05, 0) is 54.3 Å². The van der Waals surface area contributed by atoms with Crippen LogP contribution in [0.2, 0.25) is 0 Å². The van der Waals surface area contributed by atoms with Crippen molar-refractivity contribution >= 4 is 11.3 Å². The first-order valence-corrected chi connectivity index (χ1v) is 11.8. The first-order valence-electron chi connectivity index (χ1n) is 11.8. The highest BCUT2D eigenvalue weighted by atomic mass is 16.1. The molecule has 0 saturated carbocycles. The molecule has 0 aliphatic carbocycles. The molecule has 34 heavy (non-hydrogen) atoms. The van der Waals surface area contributed by atoms with Crippen LogP contribution in [0.4, 0.5) is 5.69 Å². The van der Waals surface area contributed by atoms with E-state index in [1.165, 1.54) is 5.56 Å². The van der Waals surface area contributed by atoms with E-state index < -0.39 is 0 Å². The third kappa shape index (κ3) is 4.56. The minimum Gasteiger partial charge on any atom is -0.368 e. The van der Waals surface area contributed by atoms with Gasteiger partial charge in [0.05, 0.1) is 5.69 Å². The molecule has 1 saturated heterocycles. The zero-order valence-corrected chi connectivity index (χ0v) is 19.9. The largest absolute Gasteiger partial charge is 0.368 e. The summed E-state index contributed by atoms with van der Waals surface area (Å²) in [7, 11) is 0. The first-order chi connectivity index (χ1) is 16.5. The molecule has 0 spiro atoms. The van der Waals surface area contributed by atoms with Gasteiger partial charge in [0.1, 0.15) is 5.65 Å². The van der Waals surface area contributed by atoms with Crippen molar-refractivity contribution in [1.82, 2.24) is 34.9 Å². The highest BCUT2D eigenvalue weighted by molar-refractivity contribution is 5.75. The van der Waals surface area contributed by atoms with Gasteiger partial charge in [-0.1, -0.05) is 26.0 Å². The first kappa shape index (κ1) is 22.2. The third-order valence-electron chi connectivity index (χ3n) is 6.32. The number of aromatic nitrogens is 6. The summed E-state index contributed by atoms with van der Waals surface area (Å²) in [5.41, 5.74) is 5.85. The molecule has 1 aromatic carbocycles. The van der Waals surface area contributed by atoms with Gasteiger partial charge in [0.15, 0.2) is 0 Å². The van der Waals surface area contributed by atoms with E-state index in [9.17, 15) is 4.79 Å². The Morgan fingerprint density at radius 2 is 1.88 bits per heavy atom. The minimum atomic E-state index is -0.0246. The Bertz CT molecular complexity index is 1340. The molecule has 9 heteroatoms. The zero-order chi connectivity index (χ0) is 23.7. The van der Waals surface area contributed by atoms with Crippen molar-refractivity contribution < 1.29 is 0 Å². The van der Waals surface area contributed by atoms with Gasteiger partial charge < -0.3 is 4.90 Å². The average Bonchev–Trinajstić information content (AvgIpc) is 3.34. The number of hydrogen-bond donors (Lipinski definition) is 1. The number of hydrogen-bond acceptors (Lipinski definition) is 7. The van der Waals surface area contributed by atoms with Crippen LogP contribution in [0.1, 0.15) is 30.8 Å². The van der Waals surface area contributed by atoms with Gasteiger partial charge >= 0.3 is 0 Å². The maximum Gasteiger partial charge on any atom is 0.258 e. The monoisotopic (exact) mass is 458 g/mol. The van der Waals surface area contributed by atoms with Crippen molar-refractivity contribution in [3.63, 3.8) is 0 Å². The maximum absolute atomic E-state index is 12.6. The Labute approximate surface area is 198 Å². The molecule has 4 aromatic rings. The molecule has 0 atom stereocenters. The fourth-order valence-corrected chi connectivity index (χ4v) is 4.72. The summed E-state index contributed by atoms with van der Waals surface area (Å²) >= 11 is 0. The summed E-state index contributed by atoms with van der Waals surface area (Å²) < 4.78 is 1.66. The standard InChI is InChI=1S/C25H30N8O/c1-17(2)13-19-7-8-21(25-27-29-30-28-25)22(14-19)32-11-9-31(10-12-32)16-20-15-24(34)33-18(3)5-4-6-23(33)26-20/h4-8,14-15,17H,9-13,16H2,1-3H3,(H,27,28,29,30). The number of nitrogens with one attached hydrogen (secondary N) is 1. The molecule has 1 fully saturated rings. The van der Waals surface area contributed by atoms with Crippen LogP contribution in [0.5, 0.6) is 0 Å². The number of H-pyrrole nitrogens is 1. The lowest BCUT2D eigenvalue weighted by molar-refractivity contribution is 0.247. The highest BCUT2D eigenvalue weighted by Crippen LogP contribution is 2.31. The molecule has 0 radical (unpaired) electrons. The lowest BCUT2D eigenvalue weighted by Gasteiger charge is -2.36. The van der Waals surface area contributed by atoms with Crippen LogP contribution in [0, 0.1) is 12.8 Å². The third-order valence-corrected chi connectivity index (χ3v) is 6.32. The highest BCUT2D eigenvalue weighted by Gasteiger charge is 2.22. The summed E-state index contributed by atoms with van der Waals surface area (Å²) in [6.45, 7) is 10.6. The van der Waals surface area contributed by atoms with Crippen LogP contribution in [-0.4, -0.2) is 61.1 Å². The van der Waals surface area contributed by atoms with E-state index in [0.29, 0.717) is 23.9 Å². The smallest absolute Gasteiger partial charge is 0.258 e. The summed E-state index contributed by atoms with van der Waals surface area (Å²) in [6, 6.07) is 14.0. The molecular formula is C25H30N8O. The van der Waals surface area contributed by atoms with Gasteiger partial charge in [-0.2, -0.15) is 5.21 Å². The van der Waals surface area contributed by atoms with Crippen molar-refractivity contribution in [3.05, 3.63) is 69.8 Å². The van der Waals surface area contributed by atoms with E-state index >= 15 is 0 Å². The molecule has 0 bridgehead atoms. The number of rotatable bonds is 6. The van der Waals surface area contributed by atoms with Gasteiger partial charge in [0.25, 0.3) is 5.56 Å². The second kappa shape index (κ2) is 9.34. The van der Waals surface area contributed by atoms with E-state index in [1.807, 2.05) is 25.1 Å². The predicted molar refractivity (Wildman–Crippen MR) is 132 cm³/mol. The van der Waals surface area contributed by atoms with E-state index in [-0.39, 0.29) is 5.56 Å². The number of piperazine rings is 1. The Balaban J connectivity index is 1.33. The lowest BCUT2D eigenvalue weighted by Crippen LogP contribution is -2.46. The van der Waals surface area contributed by atoms with E-state index in [4.69, 9.17) is 4.98 Å². The van der Waals surface area contributed by atoms with Gasteiger partial charge in [-0.3, -0.25) is 14.1 Å². The fourth-order valence-electron chi connectivity index (χ4n) is 4.72. The van der Waals surface area contributed by atoms with Gasteiger partial charge in [-0.25, -0.2) is 4.98 Å². The molecule has 4 heterocycles. The summed E-state index contributed by atoms with van der Waals surface area (Å²) in [5.74, 6) is 1.20. The van der Waals surface area contributed by atoms with Crippen LogP contribution < -0.4 is 10.5 Å². The van der Waals surface area contributed by atoms with Crippen molar-refractivity contribution in [1.29, 1.82) is 0 Å². The number of nitrogens with zero attached hydrogens (tertiary/aromatic N) is 7. The lowest BCUT2D eigenvalue weighted by atomic mass is 9.99. The molecule has 3 aromatic heterocycles. The number of tetrazole rings is 1. The van der Waals surface area contributed by atoms with E-state index in [2.05, 4.69) is 62.5 Å². The topological polar surface area (TPSA) is 95.3 Å². The van der Waals surface area contributed by atoms with Gasteiger partial charge in [-0.15, -0.1) is 10.2 Å². The Kier molecular flexibility index (Phi) is 6.10. The zero-order valence-electron chi connectivity index (χ0n) is 19.9. The molecule has 0 unspecified atom stereocenters. The van der Waals surface area contributed by atoms with E-state index in [1.54, 1.807) is 10.5 Å². The number of pyridine rings is 1. The molecule has 176 valence electrons. The van der Waals surface area contributed by atoms with Crippen LogP contribution in [0.25, 0.3) is 17.0 Å². The van der Waals surface area contributed by atoms with Crippen molar-refractivity contribution in [3.8, 4) is 11.4 Å². The number of benzene rings is 1. The molecule has 1 aliphatic rings. The maximum atomic E-state index is 12.6. The molecule has 0 amide bonds. The van der Waals surface area contributed by atoms with Crippen LogP contribution in [0.3, 0.4) is 0 Å². The fraction of sp³-hybridized carbons (Fsp3) is 0.400. The second-order valence-electron chi connectivity index (χ2n) is 9.39. The Hall–Kier alpha value is -3.59. The van der Waals surface area contributed by atoms with E-state index in [0.717, 1.165) is 55.2 Å². The number of fused-ring (bicyclic) bond motifs is 1. The average molecular weight is 459 g/mol. The minimum absolute atomic E-state index is 0.0246. The second-order valence-corrected chi connectivity index (χ2v) is 9.39. The van der Waals surface area contributed by atoms with Crippen molar-refractivity contribution in [2.24, 2.45) is 5.92 Å². The number of aryl methyl sites for hydroxylation is 1. The summed E-state index contributed by atoms with van der Waals surface area (Å²) in [4.78, 5) is 22.1. The molecular weight excluding hydrogens is 428 g/mol. The predicted octanol–water partition coefficient (Wildman–Crippen LogP) is 2.70. The summed E-state index contributed by atoms with van der Waals surface area (Å²) in [5, 5.41) is 14.8. The molecule has 5 rings (SSSR count). The van der Waals surface area contributed by atoms with Crippen LogP contribution >= 0.6 is 0 Å². The Morgan fingerprint density at radius 1 is 1.06 bits per heavy atom. The van der Waals surface area contributed by atoms with Crippen LogP contribution in [0.15, 0.2) is 47.3 Å². The van der Waals surface area contributed by atoms with Crippen LogP contribution in [-0.2, 0) is 13.0 Å².